The van der Waals surface area contributed by atoms with E-state index in [1.54, 1.807) is 6.07 Å². The lowest BCUT2D eigenvalue weighted by Crippen LogP contribution is -2.17. The van der Waals surface area contributed by atoms with E-state index in [2.05, 4.69) is 5.32 Å². The highest BCUT2D eigenvalue weighted by atomic mass is 32.2. The van der Waals surface area contributed by atoms with Crippen molar-refractivity contribution in [2.24, 2.45) is 0 Å². The van der Waals surface area contributed by atoms with Gasteiger partial charge in [0.05, 0.1) is 5.75 Å². The minimum atomic E-state index is -2.88. The van der Waals surface area contributed by atoms with Crippen molar-refractivity contribution in [3.8, 4) is 11.8 Å². The monoisotopic (exact) mass is 282 g/mol. The molecule has 0 unspecified atom stereocenters. The molecule has 0 aliphatic heterocycles. The van der Waals surface area contributed by atoms with Crippen molar-refractivity contribution in [3.05, 3.63) is 29.8 Å². The van der Waals surface area contributed by atoms with Crippen LogP contribution in [0.5, 0.6) is 5.75 Å². The van der Waals surface area contributed by atoms with Crippen molar-refractivity contribution in [1.29, 1.82) is 5.26 Å². The molecule has 1 aromatic carbocycles. The number of ether oxygens (including phenoxy) is 1. The van der Waals surface area contributed by atoms with E-state index in [-0.39, 0.29) is 12.4 Å². The van der Waals surface area contributed by atoms with Crippen LogP contribution in [0.1, 0.15) is 12.0 Å². The first-order chi connectivity index (χ1) is 9.01. The summed E-state index contributed by atoms with van der Waals surface area (Å²) >= 11 is 0. The predicted molar refractivity (Wildman–Crippen MR) is 73.6 cm³/mol. The number of nitrogens with zero attached hydrogens (tertiary/aromatic N) is 1. The van der Waals surface area contributed by atoms with Gasteiger partial charge in [-0.15, -0.1) is 0 Å². The molecule has 0 fully saturated rings. The molecule has 0 saturated carbocycles. The smallest absolute Gasteiger partial charge is 0.174 e. The summed E-state index contributed by atoms with van der Waals surface area (Å²) in [5, 5.41) is 11.6. The van der Waals surface area contributed by atoms with Gasteiger partial charge in [0.1, 0.15) is 21.7 Å². The second kappa shape index (κ2) is 7.77. The van der Waals surface area contributed by atoms with Gasteiger partial charge in [0, 0.05) is 12.8 Å². The average Bonchev–Trinajstić information content (AvgIpc) is 2.35. The molecule has 1 N–H and O–H groups in total. The number of benzene rings is 1. The van der Waals surface area contributed by atoms with Gasteiger partial charge in [0.25, 0.3) is 0 Å². The molecule has 0 bridgehead atoms. The minimum Gasteiger partial charge on any atom is -0.479 e. The van der Waals surface area contributed by atoms with Crippen LogP contribution in [-0.2, 0) is 16.4 Å². The zero-order chi connectivity index (χ0) is 14.1. The molecule has 1 rings (SSSR count). The maximum absolute atomic E-state index is 10.9. The first-order valence-corrected chi connectivity index (χ1v) is 8.04. The minimum absolute atomic E-state index is 0.0330. The van der Waals surface area contributed by atoms with E-state index in [9.17, 15) is 8.42 Å². The largest absolute Gasteiger partial charge is 0.479 e. The average molecular weight is 282 g/mol. The molecule has 0 spiro atoms. The lowest BCUT2D eigenvalue weighted by molar-refractivity contribution is 0.367. The van der Waals surface area contributed by atoms with Gasteiger partial charge in [-0.1, -0.05) is 12.1 Å². The Labute approximate surface area is 114 Å². The molecule has 0 radical (unpaired) electrons. The van der Waals surface area contributed by atoms with Crippen LogP contribution in [-0.4, -0.2) is 33.6 Å². The number of sulfone groups is 1. The Bertz CT molecular complexity index is 535. The van der Waals surface area contributed by atoms with Gasteiger partial charge >= 0.3 is 0 Å². The van der Waals surface area contributed by atoms with Crippen molar-refractivity contribution in [2.45, 2.75) is 13.0 Å². The number of nitrogens with one attached hydrogen (secondary N) is 1. The van der Waals surface area contributed by atoms with Crippen molar-refractivity contribution in [2.75, 3.05) is 25.2 Å². The van der Waals surface area contributed by atoms with E-state index in [0.717, 1.165) is 5.56 Å². The number of rotatable bonds is 8. The summed E-state index contributed by atoms with van der Waals surface area (Å²) in [5.41, 5.74) is 1.04. The van der Waals surface area contributed by atoms with Crippen LogP contribution < -0.4 is 10.1 Å². The van der Waals surface area contributed by atoms with Crippen LogP contribution in [0.2, 0.25) is 0 Å². The molecule has 0 amide bonds. The van der Waals surface area contributed by atoms with Crippen molar-refractivity contribution in [1.82, 2.24) is 5.32 Å². The van der Waals surface area contributed by atoms with E-state index in [1.165, 1.54) is 6.26 Å². The maximum Gasteiger partial charge on any atom is 0.174 e. The highest BCUT2D eigenvalue weighted by Crippen LogP contribution is 2.12. The van der Waals surface area contributed by atoms with Gasteiger partial charge < -0.3 is 10.1 Å². The fraction of sp³-hybridized carbons (Fsp3) is 0.462. The van der Waals surface area contributed by atoms with Crippen molar-refractivity contribution < 1.29 is 13.2 Å². The van der Waals surface area contributed by atoms with Crippen LogP contribution in [0.25, 0.3) is 0 Å². The molecule has 0 atom stereocenters. The number of nitriles is 1. The fourth-order valence-corrected chi connectivity index (χ4v) is 2.22. The molecular weight excluding hydrogens is 264 g/mol. The van der Waals surface area contributed by atoms with E-state index in [0.29, 0.717) is 25.3 Å². The zero-order valence-corrected chi connectivity index (χ0v) is 11.7. The van der Waals surface area contributed by atoms with Crippen LogP contribution in [0.15, 0.2) is 24.3 Å². The number of hydrogen-bond acceptors (Lipinski definition) is 5. The summed E-state index contributed by atoms with van der Waals surface area (Å²) < 4.78 is 27.1. The molecule has 0 aromatic heterocycles. The van der Waals surface area contributed by atoms with Crippen molar-refractivity contribution in [3.63, 3.8) is 0 Å². The first kappa shape index (κ1) is 15.5. The van der Waals surface area contributed by atoms with Gasteiger partial charge in [-0.3, -0.25) is 0 Å². The summed E-state index contributed by atoms with van der Waals surface area (Å²) in [6.45, 7) is 1.33. The first-order valence-electron chi connectivity index (χ1n) is 5.98. The lowest BCUT2D eigenvalue weighted by Gasteiger charge is -2.07. The van der Waals surface area contributed by atoms with Gasteiger partial charge in [-0.05, 0) is 30.7 Å². The molecule has 19 heavy (non-hydrogen) atoms. The second-order valence-corrected chi connectivity index (χ2v) is 6.51. The maximum atomic E-state index is 10.9. The predicted octanol–water partition coefficient (Wildman–Crippen LogP) is 1.11. The Morgan fingerprint density at radius 3 is 2.89 bits per heavy atom. The molecule has 0 aliphatic carbocycles. The third-order valence-electron chi connectivity index (χ3n) is 2.40. The Morgan fingerprint density at radius 2 is 2.21 bits per heavy atom. The van der Waals surface area contributed by atoms with Crippen molar-refractivity contribution >= 4 is 9.84 Å². The quantitative estimate of drug-likeness (QED) is 0.723. The summed E-state index contributed by atoms with van der Waals surface area (Å²) in [4.78, 5) is 0. The molecular formula is C13H18N2O3S. The molecule has 0 heterocycles. The van der Waals surface area contributed by atoms with Crippen LogP contribution >= 0.6 is 0 Å². The Balaban J connectivity index is 2.31. The van der Waals surface area contributed by atoms with E-state index < -0.39 is 9.84 Å². The summed E-state index contributed by atoms with van der Waals surface area (Å²) in [6.07, 6.45) is 1.84. The van der Waals surface area contributed by atoms with Gasteiger partial charge in [-0.25, -0.2) is 8.42 Å². The van der Waals surface area contributed by atoms with E-state index in [1.807, 2.05) is 24.3 Å². The summed E-state index contributed by atoms with van der Waals surface area (Å²) in [5.74, 6) is 0.864. The summed E-state index contributed by atoms with van der Waals surface area (Å²) in [7, 11) is -2.88. The molecule has 6 heteroatoms. The lowest BCUT2D eigenvalue weighted by atomic mass is 10.2. The second-order valence-electron chi connectivity index (χ2n) is 4.25. The Kier molecular flexibility index (Phi) is 6.33. The molecule has 5 nitrogen and oxygen atoms in total. The molecule has 0 saturated heterocycles. The topological polar surface area (TPSA) is 79.2 Å². The molecule has 104 valence electrons. The molecule has 0 aliphatic rings. The van der Waals surface area contributed by atoms with Crippen LogP contribution in [0.4, 0.5) is 0 Å². The SMILES string of the molecule is CS(=O)(=O)CCCNCc1cccc(OCC#N)c1. The summed E-state index contributed by atoms with van der Waals surface area (Å²) in [6, 6.07) is 9.38. The Morgan fingerprint density at radius 1 is 1.42 bits per heavy atom. The van der Waals surface area contributed by atoms with E-state index in [4.69, 9.17) is 10.00 Å². The Hall–Kier alpha value is -1.58. The van der Waals surface area contributed by atoms with Gasteiger partial charge in [0.15, 0.2) is 6.61 Å². The highest BCUT2D eigenvalue weighted by molar-refractivity contribution is 7.90. The van der Waals surface area contributed by atoms with Crippen LogP contribution in [0, 0.1) is 11.3 Å². The normalized spacial score (nSPS) is 10.9. The zero-order valence-electron chi connectivity index (χ0n) is 10.9. The standard InChI is InChI=1S/C13H18N2O3S/c1-19(16,17)9-3-7-15-11-12-4-2-5-13(10-12)18-8-6-14/h2,4-5,10,15H,3,7-9,11H2,1H3. The third kappa shape index (κ3) is 7.44. The number of hydrogen-bond donors (Lipinski definition) is 1. The molecule has 1 aromatic rings. The van der Waals surface area contributed by atoms with Crippen LogP contribution in [0.3, 0.4) is 0 Å². The van der Waals surface area contributed by atoms with Gasteiger partial charge in [-0.2, -0.15) is 5.26 Å². The third-order valence-corrected chi connectivity index (χ3v) is 3.43. The van der Waals surface area contributed by atoms with E-state index >= 15 is 0 Å². The fourth-order valence-electron chi connectivity index (χ4n) is 1.55. The van der Waals surface area contributed by atoms with Gasteiger partial charge in [0.2, 0.25) is 0 Å². The highest BCUT2D eigenvalue weighted by Gasteiger charge is 2.01.